The molecular weight excluding hydrogens is 317 g/mol. The molecule has 0 saturated heterocycles. The molecular formula is C14H14Cl3N3. The molecule has 0 atom stereocenters. The van der Waals surface area contributed by atoms with E-state index in [1.807, 2.05) is 20.8 Å². The fourth-order valence-corrected chi connectivity index (χ4v) is 2.07. The van der Waals surface area contributed by atoms with Gasteiger partial charge in [-0.15, -0.1) is 0 Å². The summed E-state index contributed by atoms with van der Waals surface area (Å²) >= 11 is 18.1. The topological polar surface area (TPSA) is 37.8 Å². The Kier molecular flexibility index (Phi) is 4.43. The summed E-state index contributed by atoms with van der Waals surface area (Å²) in [6.07, 6.45) is 0. The third-order valence-electron chi connectivity index (χ3n) is 2.56. The summed E-state index contributed by atoms with van der Waals surface area (Å²) in [5.74, 6) is 1.24. The van der Waals surface area contributed by atoms with Gasteiger partial charge >= 0.3 is 0 Å². The fourth-order valence-electron chi connectivity index (χ4n) is 1.55. The maximum atomic E-state index is 6.12. The molecule has 0 bridgehead atoms. The molecule has 0 spiro atoms. The number of aromatic nitrogens is 2. The summed E-state index contributed by atoms with van der Waals surface area (Å²) in [5.41, 5.74) is 0.480. The molecule has 3 nitrogen and oxygen atoms in total. The summed E-state index contributed by atoms with van der Waals surface area (Å²) < 4.78 is 0. The van der Waals surface area contributed by atoms with Gasteiger partial charge in [0.15, 0.2) is 0 Å². The lowest BCUT2D eigenvalue weighted by Crippen LogP contribution is -2.16. The molecule has 1 N–H and O–H groups in total. The molecule has 0 aliphatic carbocycles. The van der Waals surface area contributed by atoms with Crippen molar-refractivity contribution in [2.45, 2.75) is 26.2 Å². The van der Waals surface area contributed by atoms with Crippen molar-refractivity contribution in [3.05, 3.63) is 45.3 Å². The van der Waals surface area contributed by atoms with E-state index in [1.54, 1.807) is 24.3 Å². The van der Waals surface area contributed by atoms with Crippen molar-refractivity contribution >= 4 is 46.3 Å². The van der Waals surface area contributed by atoms with Crippen molar-refractivity contribution in [2.75, 3.05) is 5.32 Å². The lowest BCUT2D eigenvalue weighted by Gasteiger charge is -2.18. The van der Waals surface area contributed by atoms with Crippen LogP contribution in [-0.4, -0.2) is 9.97 Å². The van der Waals surface area contributed by atoms with Gasteiger partial charge in [0.25, 0.3) is 0 Å². The maximum absolute atomic E-state index is 6.12. The minimum absolute atomic E-state index is 0.195. The summed E-state index contributed by atoms with van der Waals surface area (Å²) in [6, 6.07) is 6.83. The van der Waals surface area contributed by atoms with E-state index < -0.39 is 0 Å². The van der Waals surface area contributed by atoms with Gasteiger partial charge in [-0.3, -0.25) is 0 Å². The van der Waals surface area contributed by atoms with E-state index in [1.165, 1.54) is 0 Å². The van der Waals surface area contributed by atoms with E-state index >= 15 is 0 Å². The van der Waals surface area contributed by atoms with Crippen molar-refractivity contribution in [3.63, 3.8) is 0 Å². The van der Waals surface area contributed by atoms with Crippen LogP contribution >= 0.6 is 34.8 Å². The zero-order valence-corrected chi connectivity index (χ0v) is 13.6. The van der Waals surface area contributed by atoms with Gasteiger partial charge in [-0.25, -0.2) is 9.97 Å². The molecule has 0 saturated carbocycles. The molecule has 0 radical (unpaired) electrons. The molecule has 1 heterocycles. The summed E-state index contributed by atoms with van der Waals surface area (Å²) in [7, 11) is 0. The van der Waals surface area contributed by atoms with Gasteiger partial charge < -0.3 is 5.32 Å². The van der Waals surface area contributed by atoms with Crippen LogP contribution in [0.1, 0.15) is 26.6 Å². The van der Waals surface area contributed by atoms with Crippen molar-refractivity contribution in [1.82, 2.24) is 9.97 Å². The first-order chi connectivity index (χ1) is 9.25. The van der Waals surface area contributed by atoms with E-state index in [2.05, 4.69) is 15.3 Å². The van der Waals surface area contributed by atoms with Gasteiger partial charge in [-0.05, 0) is 18.2 Å². The van der Waals surface area contributed by atoms with Crippen molar-refractivity contribution in [3.8, 4) is 0 Å². The highest BCUT2D eigenvalue weighted by molar-refractivity contribution is 6.35. The first-order valence-corrected chi connectivity index (χ1v) is 7.16. The van der Waals surface area contributed by atoms with Crippen LogP contribution in [0.4, 0.5) is 11.5 Å². The molecule has 0 aliphatic rings. The number of benzene rings is 1. The Bertz CT molecular complexity index is 636. The average molecular weight is 331 g/mol. The second kappa shape index (κ2) is 5.76. The molecule has 0 aliphatic heterocycles. The van der Waals surface area contributed by atoms with Crippen molar-refractivity contribution < 1.29 is 0 Å². The van der Waals surface area contributed by atoms with Crippen LogP contribution in [0.3, 0.4) is 0 Å². The third kappa shape index (κ3) is 3.75. The standard InChI is InChI=1S/C14H14Cl3N3/c1-14(2,3)13-19-11(17)7-12(20-13)18-10-6-8(15)4-5-9(10)16/h4-7H,1-3H3,(H,18,19,20). The lowest BCUT2D eigenvalue weighted by molar-refractivity contribution is 0.546. The van der Waals surface area contributed by atoms with Gasteiger partial charge in [-0.2, -0.15) is 0 Å². The second-order valence-electron chi connectivity index (χ2n) is 5.40. The van der Waals surface area contributed by atoms with Gasteiger partial charge in [0.2, 0.25) is 0 Å². The summed E-state index contributed by atoms with van der Waals surface area (Å²) in [4.78, 5) is 8.70. The summed E-state index contributed by atoms with van der Waals surface area (Å²) in [5, 5.41) is 4.64. The van der Waals surface area contributed by atoms with Gasteiger partial charge in [0, 0.05) is 16.5 Å². The normalized spacial score (nSPS) is 11.5. The molecule has 6 heteroatoms. The number of nitrogens with one attached hydrogen (secondary N) is 1. The first-order valence-electron chi connectivity index (χ1n) is 6.03. The Morgan fingerprint density at radius 3 is 2.35 bits per heavy atom. The Morgan fingerprint density at radius 1 is 1.00 bits per heavy atom. The van der Waals surface area contributed by atoms with Crippen LogP contribution in [0.2, 0.25) is 15.2 Å². The molecule has 0 fully saturated rings. The van der Waals surface area contributed by atoms with Gasteiger partial charge in [0.1, 0.15) is 16.8 Å². The van der Waals surface area contributed by atoms with Crippen LogP contribution in [0.15, 0.2) is 24.3 Å². The zero-order valence-electron chi connectivity index (χ0n) is 11.3. The second-order valence-corrected chi connectivity index (χ2v) is 6.63. The molecule has 106 valence electrons. The molecule has 20 heavy (non-hydrogen) atoms. The van der Waals surface area contributed by atoms with Crippen molar-refractivity contribution in [2.24, 2.45) is 0 Å². The highest BCUT2D eigenvalue weighted by Crippen LogP contribution is 2.29. The van der Waals surface area contributed by atoms with E-state index in [4.69, 9.17) is 34.8 Å². The minimum Gasteiger partial charge on any atom is -0.339 e. The first kappa shape index (κ1) is 15.4. The smallest absolute Gasteiger partial charge is 0.137 e. The largest absolute Gasteiger partial charge is 0.339 e. The molecule has 0 unspecified atom stereocenters. The predicted octanol–water partition coefficient (Wildman–Crippen LogP) is 5.48. The third-order valence-corrected chi connectivity index (χ3v) is 3.32. The van der Waals surface area contributed by atoms with Crippen LogP contribution in [0.25, 0.3) is 0 Å². The molecule has 2 aromatic rings. The molecule has 0 amide bonds. The Morgan fingerprint density at radius 2 is 1.70 bits per heavy atom. The molecule has 1 aromatic carbocycles. The van der Waals surface area contributed by atoms with Gasteiger partial charge in [0.05, 0.1) is 10.7 Å². The van der Waals surface area contributed by atoms with Crippen LogP contribution in [0.5, 0.6) is 0 Å². The molecule has 1 aromatic heterocycles. The highest BCUT2D eigenvalue weighted by atomic mass is 35.5. The van der Waals surface area contributed by atoms with E-state index in [0.29, 0.717) is 32.5 Å². The Hall–Kier alpha value is -1.03. The zero-order chi connectivity index (χ0) is 14.9. The van der Waals surface area contributed by atoms with Crippen LogP contribution in [-0.2, 0) is 5.41 Å². The van der Waals surface area contributed by atoms with Crippen LogP contribution in [0, 0.1) is 0 Å². The van der Waals surface area contributed by atoms with Crippen LogP contribution < -0.4 is 5.32 Å². The lowest BCUT2D eigenvalue weighted by atomic mass is 9.96. The number of halogens is 3. The highest BCUT2D eigenvalue weighted by Gasteiger charge is 2.19. The van der Waals surface area contributed by atoms with E-state index in [9.17, 15) is 0 Å². The fraction of sp³-hybridized carbons (Fsp3) is 0.286. The SMILES string of the molecule is CC(C)(C)c1nc(Cl)cc(Nc2cc(Cl)ccc2Cl)n1. The van der Waals surface area contributed by atoms with Crippen molar-refractivity contribution in [1.29, 1.82) is 0 Å². The Labute approximate surface area is 133 Å². The minimum atomic E-state index is -0.195. The molecule has 2 rings (SSSR count). The maximum Gasteiger partial charge on any atom is 0.137 e. The number of nitrogens with zero attached hydrogens (tertiary/aromatic N) is 2. The van der Waals surface area contributed by atoms with E-state index in [-0.39, 0.29) is 5.41 Å². The Balaban J connectivity index is 2.39. The summed E-state index contributed by atoms with van der Waals surface area (Å²) in [6.45, 7) is 6.07. The van der Waals surface area contributed by atoms with Gasteiger partial charge in [-0.1, -0.05) is 55.6 Å². The quantitative estimate of drug-likeness (QED) is 0.741. The average Bonchev–Trinajstić information content (AvgIpc) is 2.32. The number of hydrogen-bond acceptors (Lipinski definition) is 3. The number of hydrogen-bond donors (Lipinski definition) is 1. The van der Waals surface area contributed by atoms with E-state index in [0.717, 1.165) is 0 Å². The monoisotopic (exact) mass is 329 g/mol. The number of rotatable bonds is 2. The predicted molar refractivity (Wildman–Crippen MR) is 85.5 cm³/mol. The number of anilines is 2.